The van der Waals surface area contributed by atoms with Crippen LogP contribution in [0.3, 0.4) is 0 Å². The van der Waals surface area contributed by atoms with Gasteiger partial charge in [-0.3, -0.25) is 0 Å². The van der Waals surface area contributed by atoms with Gasteiger partial charge in [0.15, 0.2) is 6.04 Å². The van der Waals surface area contributed by atoms with Crippen molar-refractivity contribution in [1.82, 2.24) is 0 Å². The maximum absolute atomic E-state index is 11.8. The molecule has 0 aromatic heterocycles. The van der Waals surface area contributed by atoms with E-state index < -0.39 is 12.0 Å². The van der Waals surface area contributed by atoms with Gasteiger partial charge in [-0.2, -0.15) is 5.26 Å². The monoisotopic (exact) mass is 342 g/mol. The highest BCUT2D eigenvalue weighted by molar-refractivity contribution is 5.80. The first-order chi connectivity index (χ1) is 12.1. The van der Waals surface area contributed by atoms with Gasteiger partial charge in [-0.1, -0.05) is 0 Å². The molecule has 7 nitrogen and oxygen atoms in total. The Morgan fingerprint density at radius 1 is 1.28 bits per heavy atom. The number of carbonyl (C=O) groups is 1. The van der Waals surface area contributed by atoms with E-state index in [1.165, 1.54) is 7.11 Å². The topological polar surface area (TPSA) is 112 Å². The minimum atomic E-state index is -1.09. The van der Waals surface area contributed by atoms with Gasteiger partial charge in [-0.05, 0) is 36.4 Å². The molecule has 0 saturated heterocycles. The van der Waals surface area contributed by atoms with E-state index in [0.29, 0.717) is 28.3 Å². The maximum Gasteiger partial charge on any atom is 0.330 e. The standard InChI is InChI=1S/C18H18N2O5/c1-24-14-6-7-15(16(10-14)25-9-8-21)17(18(22)23)20-13-4-2-12(11-19)3-5-13/h2-7,10,17,20-21H,8-9H2,1H3,(H,22,23). The smallest absolute Gasteiger partial charge is 0.330 e. The summed E-state index contributed by atoms with van der Waals surface area (Å²) in [6.45, 7) is -0.166. The minimum absolute atomic E-state index is 0.0311. The van der Waals surface area contributed by atoms with Gasteiger partial charge in [0.2, 0.25) is 0 Å². The van der Waals surface area contributed by atoms with Gasteiger partial charge in [0, 0.05) is 17.3 Å². The van der Waals surface area contributed by atoms with Crippen LogP contribution in [-0.4, -0.2) is 36.5 Å². The Balaban J connectivity index is 2.35. The molecule has 0 saturated carbocycles. The summed E-state index contributed by atoms with van der Waals surface area (Å²) in [7, 11) is 1.49. The summed E-state index contributed by atoms with van der Waals surface area (Å²) >= 11 is 0. The largest absolute Gasteiger partial charge is 0.497 e. The number of nitrogens with one attached hydrogen (secondary N) is 1. The molecule has 0 heterocycles. The van der Waals surface area contributed by atoms with Crippen LogP contribution in [0.25, 0.3) is 0 Å². The molecule has 0 radical (unpaired) electrons. The summed E-state index contributed by atoms with van der Waals surface area (Å²) in [5, 5.41) is 30.3. The highest BCUT2D eigenvalue weighted by atomic mass is 16.5. The molecule has 7 heteroatoms. The van der Waals surface area contributed by atoms with Gasteiger partial charge in [0.05, 0.1) is 25.3 Å². The van der Waals surface area contributed by atoms with Crippen molar-refractivity contribution in [3.05, 3.63) is 53.6 Å². The number of anilines is 1. The average Bonchev–Trinajstić information content (AvgIpc) is 2.64. The number of aliphatic hydroxyl groups excluding tert-OH is 1. The van der Waals surface area contributed by atoms with E-state index in [-0.39, 0.29) is 13.2 Å². The van der Waals surface area contributed by atoms with Gasteiger partial charge < -0.3 is 25.0 Å². The van der Waals surface area contributed by atoms with Crippen LogP contribution in [0.2, 0.25) is 0 Å². The maximum atomic E-state index is 11.8. The number of nitriles is 1. The van der Waals surface area contributed by atoms with E-state index in [4.69, 9.17) is 19.8 Å². The number of hydrogen-bond acceptors (Lipinski definition) is 6. The van der Waals surface area contributed by atoms with E-state index in [0.717, 1.165) is 0 Å². The number of ether oxygens (including phenoxy) is 2. The van der Waals surface area contributed by atoms with Crippen molar-refractivity contribution >= 4 is 11.7 Å². The number of carboxylic acids is 1. The molecule has 1 unspecified atom stereocenters. The van der Waals surface area contributed by atoms with Crippen molar-refractivity contribution in [1.29, 1.82) is 5.26 Å². The lowest BCUT2D eigenvalue weighted by molar-refractivity contribution is -0.138. The van der Waals surface area contributed by atoms with Crippen molar-refractivity contribution < 1.29 is 24.5 Å². The van der Waals surface area contributed by atoms with Crippen LogP contribution in [0.15, 0.2) is 42.5 Å². The van der Waals surface area contributed by atoms with Crippen molar-refractivity contribution in [3.63, 3.8) is 0 Å². The lowest BCUT2D eigenvalue weighted by atomic mass is 10.0. The summed E-state index contributed by atoms with van der Waals surface area (Å²) in [6, 6.07) is 12.2. The van der Waals surface area contributed by atoms with Gasteiger partial charge in [0.1, 0.15) is 18.1 Å². The Morgan fingerprint density at radius 3 is 2.56 bits per heavy atom. The first-order valence-electron chi connectivity index (χ1n) is 7.50. The third-order valence-corrected chi connectivity index (χ3v) is 3.45. The lowest BCUT2D eigenvalue weighted by Crippen LogP contribution is -2.21. The van der Waals surface area contributed by atoms with Crippen molar-refractivity contribution in [3.8, 4) is 17.6 Å². The van der Waals surface area contributed by atoms with E-state index in [9.17, 15) is 9.90 Å². The summed E-state index contributed by atoms with van der Waals surface area (Å²) in [6.07, 6.45) is 0. The number of aliphatic hydroxyl groups is 1. The number of aliphatic carboxylic acids is 1. The van der Waals surface area contributed by atoms with Crippen LogP contribution in [0, 0.1) is 11.3 Å². The highest BCUT2D eigenvalue weighted by Gasteiger charge is 2.24. The van der Waals surface area contributed by atoms with Gasteiger partial charge in [-0.25, -0.2) is 4.79 Å². The van der Waals surface area contributed by atoms with Gasteiger partial charge >= 0.3 is 5.97 Å². The molecule has 0 amide bonds. The van der Waals surface area contributed by atoms with Crippen LogP contribution in [0.5, 0.6) is 11.5 Å². The quantitative estimate of drug-likeness (QED) is 0.674. The van der Waals surface area contributed by atoms with E-state index >= 15 is 0 Å². The van der Waals surface area contributed by atoms with E-state index in [1.54, 1.807) is 42.5 Å². The Labute approximate surface area is 145 Å². The Hall–Kier alpha value is -3.24. The molecule has 0 bridgehead atoms. The zero-order chi connectivity index (χ0) is 18.2. The number of benzene rings is 2. The van der Waals surface area contributed by atoms with Crippen molar-refractivity contribution in [2.24, 2.45) is 0 Å². The Bertz CT molecular complexity index is 768. The third-order valence-electron chi connectivity index (χ3n) is 3.45. The number of hydrogen-bond donors (Lipinski definition) is 3. The molecular weight excluding hydrogens is 324 g/mol. The fourth-order valence-electron chi connectivity index (χ4n) is 2.24. The molecule has 0 aliphatic carbocycles. The Kier molecular flexibility index (Phi) is 6.20. The minimum Gasteiger partial charge on any atom is -0.497 e. The second-order valence-corrected chi connectivity index (χ2v) is 5.08. The summed E-state index contributed by atoms with van der Waals surface area (Å²) in [5.41, 5.74) is 1.43. The molecule has 3 N–H and O–H groups in total. The van der Waals surface area contributed by atoms with Gasteiger partial charge in [0.25, 0.3) is 0 Å². The molecule has 0 aliphatic heterocycles. The van der Waals surface area contributed by atoms with E-state index in [2.05, 4.69) is 5.32 Å². The molecule has 2 rings (SSSR count). The Morgan fingerprint density at radius 2 is 2.00 bits per heavy atom. The van der Waals surface area contributed by atoms with Crippen LogP contribution < -0.4 is 14.8 Å². The lowest BCUT2D eigenvalue weighted by Gasteiger charge is -2.20. The second kappa shape index (κ2) is 8.57. The van der Waals surface area contributed by atoms with Crippen molar-refractivity contribution in [2.45, 2.75) is 6.04 Å². The first kappa shape index (κ1) is 18.1. The van der Waals surface area contributed by atoms with Crippen LogP contribution in [0.1, 0.15) is 17.2 Å². The van der Waals surface area contributed by atoms with Crippen LogP contribution >= 0.6 is 0 Å². The number of carboxylic acid groups (broad SMARTS) is 1. The van der Waals surface area contributed by atoms with Crippen LogP contribution in [-0.2, 0) is 4.79 Å². The molecule has 2 aromatic rings. The number of rotatable bonds is 8. The van der Waals surface area contributed by atoms with Crippen LogP contribution in [0.4, 0.5) is 5.69 Å². The SMILES string of the molecule is COc1ccc(C(Nc2ccc(C#N)cc2)C(=O)O)c(OCCO)c1. The summed E-state index contributed by atoms with van der Waals surface area (Å²) < 4.78 is 10.6. The molecule has 0 fully saturated rings. The fraction of sp³-hybridized carbons (Fsp3) is 0.222. The van der Waals surface area contributed by atoms with Crippen molar-refractivity contribution in [2.75, 3.05) is 25.6 Å². The molecule has 0 aliphatic rings. The zero-order valence-electron chi connectivity index (χ0n) is 13.6. The fourth-order valence-corrected chi connectivity index (χ4v) is 2.24. The third kappa shape index (κ3) is 4.62. The predicted octanol–water partition coefficient (Wildman–Crippen LogP) is 2.18. The summed E-state index contributed by atoms with van der Waals surface area (Å²) in [5.74, 6) is -0.274. The van der Waals surface area contributed by atoms with Gasteiger partial charge in [-0.15, -0.1) is 0 Å². The highest BCUT2D eigenvalue weighted by Crippen LogP contribution is 2.32. The average molecular weight is 342 g/mol. The summed E-state index contributed by atoms with van der Waals surface area (Å²) in [4.78, 5) is 11.8. The molecule has 2 aromatic carbocycles. The molecule has 25 heavy (non-hydrogen) atoms. The number of nitrogens with zero attached hydrogens (tertiary/aromatic N) is 1. The second-order valence-electron chi connectivity index (χ2n) is 5.08. The molecular formula is C18H18N2O5. The first-order valence-corrected chi connectivity index (χ1v) is 7.50. The molecule has 1 atom stereocenters. The molecule has 130 valence electrons. The predicted molar refractivity (Wildman–Crippen MR) is 90.7 cm³/mol. The molecule has 0 spiro atoms. The zero-order valence-corrected chi connectivity index (χ0v) is 13.6. The normalized spacial score (nSPS) is 11.2. The number of methoxy groups -OCH3 is 1. The van der Waals surface area contributed by atoms with E-state index in [1.807, 2.05) is 6.07 Å².